The molecule has 184 valence electrons. The van der Waals surface area contributed by atoms with Gasteiger partial charge in [0, 0.05) is 36.8 Å². The van der Waals surface area contributed by atoms with Crippen LogP contribution < -0.4 is 20.1 Å². The Morgan fingerprint density at radius 3 is 2.62 bits per heavy atom. The fraction of sp³-hybridized carbons (Fsp3) is 0.478. The number of hydrogen-bond donors (Lipinski definition) is 2. The van der Waals surface area contributed by atoms with Crippen molar-refractivity contribution >= 4 is 23.7 Å². The van der Waals surface area contributed by atoms with Crippen LogP contribution in [0.1, 0.15) is 23.2 Å². The molecule has 2 aliphatic heterocycles. The summed E-state index contributed by atoms with van der Waals surface area (Å²) in [4.78, 5) is 22.1. The first-order valence-corrected chi connectivity index (χ1v) is 12.1. The van der Waals surface area contributed by atoms with Crippen LogP contribution in [0.2, 0.25) is 0 Å². The number of likely N-dealkylation sites (tertiary alicyclic amines) is 1. The molecule has 0 aliphatic carbocycles. The summed E-state index contributed by atoms with van der Waals surface area (Å²) in [7, 11) is 2.04. The first-order valence-electron chi connectivity index (χ1n) is 11.1. The zero-order chi connectivity index (χ0) is 24.3. The number of likely N-dealkylation sites (N-methyl/N-ethyl adjacent to an activating group) is 1. The van der Waals surface area contributed by atoms with Crippen LogP contribution in [-0.2, 0) is 0 Å². The monoisotopic (exact) mass is 495 g/mol. The number of aromatic nitrogens is 1. The number of carbonyl (C=O) groups is 1. The highest BCUT2D eigenvalue weighted by Gasteiger charge is 2.30. The summed E-state index contributed by atoms with van der Waals surface area (Å²) in [5, 5.41) is 9.11. The molecular weight excluding hydrogens is 467 g/mol. The second kappa shape index (κ2) is 10.4. The Bertz CT molecular complexity index is 999. The molecule has 1 atom stereocenters. The lowest BCUT2D eigenvalue weighted by atomic mass is 10.0. The Hall–Kier alpha value is -2.50. The average molecular weight is 496 g/mol. The number of hydrogen-bond acceptors (Lipinski definition) is 7. The molecule has 4 rings (SSSR count). The van der Waals surface area contributed by atoms with E-state index in [0.717, 1.165) is 39.0 Å². The number of alkyl halides is 3. The Morgan fingerprint density at radius 1 is 1.24 bits per heavy atom. The number of nitrogens with one attached hydrogen (secondary N) is 1. The maximum atomic E-state index is 13.1. The number of carbonyl (C=O) groups excluding carboxylic acids is 1. The summed E-state index contributed by atoms with van der Waals surface area (Å²) >= 11 is 1.31. The molecule has 2 fully saturated rings. The van der Waals surface area contributed by atoms with Gasteiger partial charge in [-0.1, -0.05) is 11.9 Å². The van der Waals surface area contributed by atoms with Crippen LogP contribution in [0.15, 0.2) is 36.4 Å². The molecule has 1 aromatic carbocycles. The number of amides is 1. The number of halogens is 3. The van der Waals surface area contributed by atoms with E-state index >= 15 is 0 Å². The van der Waals surface area contributed by atoms with Crippen molar-refractivity contribution in [3.8, 4) is 17.0 Å². The lowest BCUT2D eigenvalue weighted by Crippen LogP contribution is -2.50. The quantitative estimate of drug-likeness (QED) is 0.571. The normalized spacial score (nSPS) is 19.6. The number of pyridine rings is 1. The highest BCUT2D eigenvalue weighted by Crippen LogP contribution is 2.29. The van der Waals surface area contributed by atoms with Gasteiger partial charge in [0.1, 0.15) is 11.6 Å². The van der Waals surface area contributed by atoms with E-state index in [1.165, 1.54) is 24.1 Å². The molecular formula is C23H28F3N5O2S. The maximum Gasteiger partial charge on any atom is 0.422 e. The molecule has 1 aromatic heterocycles. The van der Waals surface area contributed by atoms with Crippen molar-refractivity contribution in [3.05, 3.63) is 42.0 Å². The third-order valence-corrected chi connectivity index (χ3v) is 6.63. The zero-order valence-electron chi connectivity index (χ0n) is 18.8. The van der Waals surface area contributed by atoms with E-state index in [2.05, 4.69) is 15.1 Å². The smallest absolute Gasteiger partial charge is 0.422 e. The number of benzene rings is 1. The average Bonchev–Trinajstić information content (AvgIpc) is 2.77. The molecule has 7 nitrogen and oxygen atoms in total. The van der Waals surface area contributed by atoms with Crippen molar-refractivity contribution in [1.29, 1.82) is 0 Å². The lowest BCUT2D eigenvalue weighted by molar-refractivity contribution is -0.153. The van der Waals surface area contributed by atoms with Gasteiger partial charge >= 0.3 is 6.18 Å². The SMILES string of the molecule is CN1CCCC(NC(=O)c2cc(-c3ccc(OCC(F)(F)F)cc3)nc(N3CC(SN)C3)c2)C1. The standard InChI is InChI=1S/C23H28F3N5O2S/c1-30-8-2-3-17(11-30)28-22(32)16-9-20(29-21(10-16)31-12-19(13-31)34-27)15-4-6-18(7-5-15)33-14-23(24,25)26/h4-7,9-10,17,19H,2-3,8,11-14,27H2,1H3,(H,28,32). The summed E-state index contributed by atoms with van der Waals surface area (Å²) in [5.41, 5.74) is 1.74. The number of ether oxygens (including phenoxy) is 1. The van der Waals surface area contributed by atoms with E-state index in [1.54, 1.807) is 24.3 Å². The Kier molecular flexibility index (Phi) is 7.54. The Labute approximate surface area is 201 Å². The van der Waals surface area contributed by atoms with E-state index in [4.69, 9.17) is 14.9 Å². The van der Waals surface area contributed by atoms with E-state index in [1.807, 2.05) is 7.05 Å². The molecule has 0 spiro atoms. The fourth-order valence-electron chi connectivity index (χ4n) is 4.11. The van der Waals surface area contributed by atoms with Gasteiger partial charge in [-0.2, -0.15) is 13.2 Å². The summed E-state index contributed by atoms with van der Waals surface area (Å²) in [5.74, 6) is 0.619. The molecule has 0 radical (unpaired) electrons. The molecule has 1 unspecified atom stereocenters. The lowest BCUT2D eigenvalue weighted by Gasteiger charge is -2.39. The highest BCUT2D eigenvalue weighted by atomic mass is 32.2. The molecule has 11 heteroatoms. The van der Waals surface area contributed by atoms with E-state index in [0.29, 0.717) is 27.9 Å². The van der Waals surface area contributed by atoms with Crippen molar-refractivity contribution in [3.63, 3.8) is 0 Å². The third-order valence-electron chi connectivity index (χ3n) is 5.95. The van der Waals surface area contributed by atoms with Gasteiger partial charge in [-0.15, -0.1) is 0 Å². The molecule has 0 bridgehead atoms. The Morgan fingerprint density at radius 2 is 1.97 bits per heavy atom. The maximum absolute atomic E-state index is 13.1. The summed E-state index contributed by atoms with van der Waals surface area (Å²) in [6.07, 6.45) is -2.44. The third kappa shape index (κ3) is 6.34. The first-order chi connectivity index (χ1) is 16.2. The van der Waals surface area contributed by atoms with Crippen LogP contribution in [0.3, 0.4) is 0 Å². The second-order valence-electron chi connectivity index (χ2n) is 8.77. The highest BCUT2D eigenvalue weighted by molar-refractivity contribution is 7.97. The van der Waals surface area contributed by atoms with Gasteiger partial charge < -0.3 is 19.9 Å². The van der Waals surface area contributed by atoms with Crippen molar-refractivity contribution < 1.29 is 22.7 Å². The summed E-state index contributed by atoms with van der Waals surface area (Å²) in [6, 6.07) is 9.80. The van der Waals surface area contributed by atoms with E-state index in [-0.39, 0.29) is 17.7 Å². The van der Waals surface area contributed by atoms with Crippen molar-refractivity contribution in [2.45, 2.75) is 30.3 Å². The van der Waals surface area contributed by atoms with Crippen LogP contribution in [0.5, 0.6) is 5.75 Å². The van der Waals surface area contributed by atoms with E-state index < -0.39 is 12.8 Å². The molecule has 0 saturated carbocycles. The fourth-order valence-corrected chi connectivity index (χ4v) is 4.64. The van der Waals surface area contributed by atoms with Crippen LogP contribution in [0.25, 0.3) is 11.3 Å². The molecule has 3 N–H and O–H groups in total. The minimum Gasteiger partial charge on any atom is -0.484 e. The van der Waals surface area contributed by atoms with Crippen molar-refractivity contribution in [2.75, 3.05) is 44.7 Å². The van der Waals surface area contributed by atoms with Crippen LogP contribution in [0.4, 0.5) is 19.0 Å². The minimum atomic E-state index is -4.40. The van der Waals surface area contributed by atoms with Gasteiger partial charge in [0.2, 0.25) is 0 Å². The zero-order valence-corrected chi connectivity index (χ0v) is 19.7. The van der Waals surface area contributed by atoms with Gasteiger partial charge in [0.05, 0.1) is 10.9 Å². The Balaban J connectivity index is 1.55. The number of rotatable bonds is 7. The second-order valence-corrected chi connectivity index (χ2v) is 9.70. The predicted octanol–water partition coefficient (Wildman–Crippen LogP) is 3.31. The number of anilines is 1. The molecule has 3 heterocycles. The van der Waals surface area contributed by atoms with Gasteiger partial charge in [0.25, 0.3) is 5.91 Å². The van der Waals surface area contributed by atoms with Gasteiger partial charge in [-0.25, -0.2) is 4.98 Å². The van der Waals surface area contributed by atoms with Crippen molar-refractivity contribution in [1.82, 2.24) is 15.2 Å². The number of nitrogens with zero attached hydrogens (tertiary/aromatic N) is 3. The minimum absolute atomic E-state index is 0.0819. The van der Waals surface area contributed by atoms with Crippen LogP contribution in [0, 0.1) is 0 Å². The molecule has 2 saturated heterocycles. The van der Waals surface area contributed by atoms with Gasteiger partial charge in [0.15, 0.2) is 6.61 Å². The largest absolute Gasteiger partial charge is 0.484 e. The molecule has 2 aromatic rings. The van der Waals surface area contributed by atoms with Crippen LogP contribution in [-0.4, -0.2) is 73.1 Å². The predicted molar refractivity (Wildman–Crippen MR) is 127 cm³/mol. The number of nitrogens with two attached hydrogens (primary N) is 1. The molecule has 34 heavy (non-hydrogen) atoms. The van der Waals surface area contributed by atoms with Crippen molar-refractivity contribution in [2.24, 2.45) is 5.14 Å². The summed E-state index contributed by atoms with van der Waals surface area (Å²) < 4.78 is 42.0. The van der Waals surface area contributed by atoms with Gasteiger partial charge in [-0.3, -0.25) is 9.93 Å². The topological polar surface area (TPSA) is 83.7 Å². The summed E-state index contributed by atoms with van der Waals surface area (Å²) in [6.45, 7) is 1.94. The first kappa shape index (κ1) is 24.6. The number of piperidine rings is 1. The molecule has 2 aliphatic rings. The van der Waals surface area contributed by atoms with Crippen LogP contribution >= 0.6 is 11.9 Å². The van der Waals surface area contributed by atoms with E-state index in [9.17, 15) is 18.0 Å². The van der Waals surface area contributed by atoms with Gasteiger partial charge in [-0.05, 0) is 62.8 Å². The molecule has 1 amide bonds.